The summed E-state index contributed by atoms with van der Waals surface area (Å²) >= 11 is 0. The van der Waals surface area contributed by atoms with Crippen LogP contribution in [0.2, 0.25) is 0 Å². The second-order valence-corrected chi connectivity index (χ2v) is 5.24. The van der Waals surface area contributed by atoms with Gasteiger partial charge in [0, 0.05) is 24.0 Å². The molecule has 0 radical (unpaired) electrons. The first-order valence-electron chi connectivity index (χ1n) is 7.35. The lowest BCUT2D eigenvalue weighted by molar-refractivity contribution is 0.102. The molecule has 3 heterocycles. The Labute approximate surface area is 136 Å². The fourth-order valence-corrected chi connectivity index (χ4v) is 2.58. The number of nitrogens with zero attached hydrogens (tertiary/aromatic N) is 3. The zero-order valence-electron chi connectivity index (χ0n) is 12.5. The van der Waals surface area contributed by atoms with Crippen LogP contribution in [0.5, 0.6) is 0 Å². The molecule has 0 atom stereocenters. The Hall–Kier alpha value is -3.54. The van der Waals surface area contributed by atoms with Crippen LogP contribution in [0.4, 0.5) is 5.69 Å². The standard InChI is InChI=1S/C18H12N4O2/c23-17(13-11-20-16-8-1-2-10-22(16)18(13)24)21-15-7-3-6-14-12(15)5-4-9-19-14/h1-11H,(H,21,23). The van der Waals surface area contributed by atoms with Gasteiger partial charge in [0.25, 0.3) is 11.5 Å². The Kier molecular flexibility index (Phi) is 3.28. The third-order valence-corrected chi connectivity index (χ3v) is 3.75. The van der Waals surface area contributed by atoms with E-state index in [0.717, 1.165) is 10.9 Å². The molecule has 24 heavy (non-hydrogen) atoms. The van der Waals surface area contributed by atoms with Gasteiger partial charge < -0.3 is 5.32 Å². The zero-order valence-corrected chi connectivity index (χ0v) is 12.5. The molecule has 1 amide bonds. The summed E-state index contributed by atoms with van der Waals surface area (Å²) in [5.74, 6) is -0.498. The summed E-state index contributed by atoms with van der Waals surface area (Å²) in [5.41, 5.74) is 1.44. The van der Waals surface area contributed by atoms with Crippen molar-refractivity contribution in [1.29, 1.82) is 0 Å². The number of fused-ring (bicyclic) bond motifs is 2. The molecule has 0 saturated heterocycles. The number of nitrogens with one attached hydrogen (secondary N) is 1. The van der Waals surface area contributed by atoms with Crippen molar-refractivity contribution in [1.82, 2.24) is 14.4 Å². The number of hydrogen-bond acceptors (Lipinski definition) is 4. The van der Waals surface area contributed by atoms with Crippen molar-refractivity contribution in [2.45, 2.75) is 0 Å². The minimum atomic E-state index is -0.498. The van der Waals surface area contributed by atoms with E-state index < -0.39 is 11.5 Å². The SMILES string of the molecule is O=C(Nc1cccc2ncccc12)c1cnc2ccccn2c1=O. The number of aromatic nitrogens is 3. The topological polar surface area (TPSA) is 76.4 Å². The first-order valence-corrected chi connectivity index (χ1v) is 7.35. The molecule has 4 aromatic rings. The maximum Gasteiger partial charge on any atom is 0.270 e. The largest absolute Gasteiger partial charge is 0.321 e. The molecule has 0 aliphatic heterocycles. The van der Waals surface area contributed by atoms with E-state index in [4.69, 9.17) is 0 Å². The zero-order chi connectivity index (χ0) is 16.5. The molecule has 0 aliphatic rings. The Morgan fingerprint density at radius 2 is 1.92 bits per heavy atom. The molecule has 0 spiro atoms. The first-order chi connectivity index (χ1) is 11.7. The molecular formula is C18H12N4O2. The number of anilines is 1. The van der Waals surface area contributed by atoms with Gasteiger partial charge in [0.05, 0.1) is 11.2 Å². The van der Waals surface area contributed by atoms with E-state index in [1.165, 1.54) is 10.6 Å². The average molecular weight is 316 g/mol. The molecular weight excluding hydrogens is 304 g/mol. The van der Waals surface area contributed by atoms with Crippen molar-refractivity contribution < 1.29 is 4.79 Å². The Bertz CT molecular complexity index is 1130. The lowest BCUT2D eigenvalue weighted by atomic mass is 10.1. The molecule has 0 unspecified atom stereocenters. The number of amides is 1. The normalized spacial score (nSPS) is 10.8. The van der Waals surface area contributed by atoms with Crippen LogP contribution in [-0.2, 0) is 0 Å². The fraction of sp³-hybridized carbons (Fsp3) is 0. The molecule has 3 aromatic heterocycles. The molecule has 6 nitrogen and oxygen atoms in total. The first kappa shape index (κ1) is 14.1. The van der Waals surface area contributed by atoms with E-state index in [0.29, 0.717) is 11.3 Å². The maximum atomic E-state index is 12.5. The fourth-order valence-electron chi connectivity index (χ4n) is 2.58. The molecule has 0 aliphatic carbocycles. The van der Waals surface area contributed by atoms with Crippen molar-refractivity contribution in [2.75, 3.05) is 5.32 Å². The van der Waals surface area contributed by atoms with E-state index in [-0.39, 0.29) is 5.56 Å². The monoisotopic (exact) mass is 316 g/mol. The highest BCUT2D eigenvalue weighted by atomic mass is 16.2. The molecule has 0 saturated carbocycles. The predicted octanol–water partition coefficient (Wildman–Crippen LogP) is 2.50. The number of pyridine rings is 2. The lowest BCUT2D eigenvalue weighted by Crippen LogP contribution is -2.26. The van der Waals surface area contributed by atoms with Crippen molar-refractivity contribution in [3.63, 3.8) is 0 Å². The highest BCUT2D eigenvalue weighted by Crippen LogP contribution is 2.21. The van der Waals surface area contributed by atoms with Crippen LogP contribution in [0.3, 0.4) is 0 Å². The molecule has 6 heteroatoms. The van der Waals surface area contributed by atoms with Gasteiger partial charge in [-0.1, -0.05) is 12.1 Å². The number of hydrogen-bond donors (Lipinski definition) is 1. The summed E-state index contributed by atoms with van der Waals surface area (Å²) in [6.45, 7) is 0. The van der Waals surface area contributed by atoms with Gasteiger partial charge in [-0.05, 0) is 36.4 Å². The summed E-state index contributed by atoms with van der Waals surface area (Å²) in [5, 5.41) is 3.58. The van der Waals surface area contributed by atoms with Gasteiger partial charge in [0.15, 0.2) is 0 Å². The van der Waals surface area contributed by atoms with E-state index in [2.05, 4.69) is 15.3 Å². The third-order valence-electron chi connectivity index (χ3n) is 3.75. The van der Waals surface area contributed by atoms with Gasteiger partial charge in [-0.2, -0.15) is 0 Å². The maximum absolute atomic E-state index is 12.5. The van der Waals surface area contributed by atoms with Gasteiger partial charge in [-0.25, -0.2) is 4.98 Å². The van der Waals surface area contributed by atoms with Crippen LogP contribution < -0.4 is 10.9 Å². The van der Waals surface area contributed by atoms with Gasteiger partial charge in [0.2, 0.25) is 0 Å². The molecule has 1 N–H and O–H groups in total. The molecule has 116 valence electrons. The summed E-state index contributed by atoms with van der Waals surface area (Å²) in [6.07, 6.45) is 4.58. The number of rotatable bonds is 2. The van der Waals surface area contributed by atoms with Crippen molar-refractivity contribution in [3.8, 4) is 0 Å². The highest BCUT2D eigenvalue weighted by Gasteiger charge is 2.14. The number of benzene rings is 1. The third kappa shape index (κ3) is 2.30. The van der Waals surface area contributed by atoms with E-state index in [9.17, 15) is 9.59 Å². The molecule has 0 bridgehead atoms. The number of carbonyl (C=O) groups excluding carboxylic acids is 1. The predicted molar refractivity (Wildman–Crippen MR) is 91.2 cm³/mol. The van der Waals surface area contributed by atoms with Crippen LogP contribution in [0.15, 0.2) is 71.9 Å². The number of carbonyl (C=O) groups is 1. The van der Waals surface area contributed by atoms with Gasteiger partial charge in [-0.15, -0.1) is 0 Å². The quantitative estimate of drug-likeness (QED) is 0.616. The molecule has 4 rings (SSSR count). The summed E-state index contributed by atoms with van der Waals surface area (Å²) < 4.78 is 1.35. The average Bonchev–Trinajstić information content (AvgIpc) is 2.62. The van der Waals surface area contributed by atoms with Crippen LogP contribution in [0.25, 0.3) is 16.6 Å². The van der Waals surface area contributed by atoms with Gasteiger partial charge in [0.1, 0.15) is 11.2 Å². The van der Waals surface area contributed by atoms with Gasteiger partial charge in [-0.3, -0.25) is 19.0 Å². The minimum absolute atomic E-state index is 0.0143. The summed E-state index contributed by atoms with van der Waals surface area (Å²) in [7, 11) is 0. The van der Waals surface area contributed by atoms with E-state index in [1.807, 2.05) is 12.1 Å². The second-order valence-electron chi connectivity index (χ2n) is 5.24. The Balaban J connectivity index is 1.77. The lowest BCUT2D eigenvalue weighted by Gasteiger charge is -2.08. The van der Waals surface area contributed by atoms with Crippen LogP contribution in [-0.4, -0.2) is 20.3 Å². The van der Waals surface area contributed by atoms with E-state index >= 15 is 0 Å². The molecule has 1 aromatic carbocycles. The molecule has 0 fully saturated rings. The Morgan fingerprint density at radius 3 is 2.83 bits per heavy atom. The van der Waals surface area contributed by atoms with Gasteiger partial charge >= 0.3 is 0 Å². The second kappa shape index (κ2) is 5.58. The van der Waals surface area contributed by atoms with Crippen LogP contribution in [0.1, 0.15) is 10.4 Å². The van der Waals surface area contributed by atoms with E-state index in [1.54, 1.807) is 48.8 Å². The highest BCUT2D eigenvalue weighted by molar-refractivity contribution is 6.08. The van der Waals surface area contributed by atoms with Crippen LogP contribution in [0, 0.1) is 0 Å². The minimum Gasteiger partial charge on any atom is -0.321 e. The smallest absolute Gasteiger partial charge is 0.270 e. The Morgan fingerprint density at radius 1 is 1.00 bits per heavy atom. The summed E-state index contributed by atoms with van der Waals surface area (Å²) in [4.78, 5) is 33.4. The summed E-state index contributed by atoms with van der Waals surface area (Å²) in [6, 6.07) is 14.3. The van der Waals surface area contributed by atoms with Crippen molar-refractivity contribution in [2.24, 2.45) is 0 Å². The van der Waals surface area contributed by atoms with Crippen molar-refractivity contribution >= 4 is 28.1 Å². The van der Waals surface area contributed by atoms with Crippen molar-refractivity contribution in [3.05, 3.63) is 83.0 Å². The van der Waals surface area contributed by atoms with Crippen LogP contribution >= 0.6 is 0 Å².